The first-order valence-electron chi connectivity index (χ1n) is 6.39. The molecule has 1 aromatic heterocycles. The molecule has 3 N–H and O–H groups in total. The summed E-state index contributed by atoms with van der Waals surface area (Å²) in [6, 6.07) is -0.867. The molecule has 0 aliphatic heterocycles. The fourth-order valence-corrected chi connectivity index (χ4v) is 2.12. The van der Waals surface area contributed by atoms with Crippen LogP contribution >= 0.6 is 0 Å². The second kappa shape index (κ2) is 6.01. The third-order valence-electron chi connectivity index (χ3n) is 3.28. The highest BCUT2D eigenvalue weighted by atomic mass is 16.4. The van der Waals surface area contributed by atoms with Gasteiger partial charge in [0.15, 0.2) is 0 Å². The fraction of sp³-hybridized carbons (Fsp3) is 0.143. The normalized spacial score (nSPS) is 14.6. The number of aromatic carboxylic acids is 2. The third kappa shape index (κ3) is 2.90. The number of carboxylic acid groups (broad SMARTS) is 3. The number of hydrogen-bond donors (Lipinski definition) is 2. The van der Waals surface area contributed by atoms with E-state index < -0.39 is 58.9 Å². The fourth-order valence-electron chi connectivity index (χ4n) is 2.12. The molecule has 10 nitrogen and oxygen atoms in total. The van der Waals surface area contributed by atoms with Crippen LogP contribution in [0.2, 0.25) is 0 Å². The standard InChI is InChI=1S/C14H10N2O8/c15-7(13(21)22)2-4-1-5-6(12(19)20)3-8(14(23)24)16-9(5)11(18)10(4)17/h1,3,7H,2,15H2,(H,19,20)(H,21,22)(H,23,24)/p-2. The van der Waals surface area contributed by atoms with Crippen LogP contribution in [-0.2, 0) is 9.59 Å². The summed E-state index contributed by atoms with van der Waals surface area (Å²) < 4.78 is 0. The molecule has 0 saturated heterocycles. The summed E-state index contributed by atoms with van der Waals surface area (Å²) >= 11 is 0. The molecule has 1 atom stereocenters. The molecule has 124 valence electrons. The highest BCUT2D eigenvalue weighted by Gasteiger charge is 2.32. The van der Waals surface area contributed by atoms with Gasteiger partial charge in [-0.05, 0) is 12.1 Å². The summed E-state index contributed by atoms with van der Waals surface area (Å²) in [7, 11) is 0. The van der Waals surface area contributed by atoms with Crippen LogP contribution in [-0.4, -0.2) is 45.6 Å². The molecule has 0 fully saturated rings. The second-order valence-corrected chi connectivity index (χ2v) is 4.87. The number of nitrogens with zero attached hydrogens (tertiary/aromatic N) is 1. The van der Waals surface area contributed by atoms with Crippen LogP contribution in [0.4, 0.5) is 0 Å². The molecule has 2 rings (SSSR count). The maximum Gasteiger partial charge on any atom is 0.320 e. The summed E-state index contributed by atoms with van der Waals surface area (Å²) in [6.45, 7) is 0. The average Bonchev–Trinajstić information content (AvgIpc) is 2.50. The lowest BCUT2D eigenvalue weighted by atomic mass is 9.87. The molecule has 10 heteroatoms. The lowest BCUT2D eigenvalue weighted by molar-refractivity contribution is -0.255. The second-order valence-electron chi connectivity index (χ2n) is 4.87. The Morgan fingerprint density at radius 2 is 1.79 bits per heavy atom. The van der Waals surface area contributed by atoms with E-state index in [4.69, 9.17) is 10.8 Å². The molecule has 1 aromatic rings. The van der Waals surface area contributed by atoms with E-state index in [9.17, 15) is 34.2 Å². The Hall–Kier alpha value is -3.40. The van der Waals surface area contributed by atoms with Gasteiger partial charge in [-0.15, -0.1) is 0 Å². The van der Waals surface area contributed by atoms with Crippen molar-refractivity contribution in [2.45, 2.75) is 12.5 Å². The van der Waals surface area contributed by atoms with E-state index in [0.717, 1.165) is 6.08 Å². The first-order valence-corrected chi connectivity index (χ1v) is 6.39. The van der Waals surface area contributed by atoms with Gasteiger partial charge >= 0.3 is 5.97 Å². The van der Waals surface area contributed by atoms with Crippen molar-refractivity contribution in [3.8, 4) is 0 Å². The Kier molecular flexibility index (Phi) is 4.24. The molecule has 1 aliphatic rings. The van der Waals surface area contributed by atoms with Crippen LogP contribution < -0.4 is 15.9 Å². The van der Waals surface area contributed by atoms with Crippen molar-refractivity contribution in [3.05, 3.63) is 34.2 Å². The summed E-state index contributed by atoms with van der Waals surface area (Å²) in [5, 5.41) is 30.8. The van der Waals surface area contributed by atoms with E-state index in [-0.39, 0.29) is 11.1 Å². The van der Waals surface area contributed by atoms with Gasteiger partial charge in [0.25, 0.3) is 5.78 Å². The van der Waals surface area contributed by atoms with E-state index in [1.807, 2.05) is 0 Å². The number of carbonyl (C=O) groups is 5. The van der Waals surface area contributed by atoms with E-state index in [1.54, 1.807) is 0 Å². The zero-order chi connectivity index (χ0) is 18.2. The molecule has 1 heterocycles. The minimum absolute atomic E-state index is 0.326. The van der Waals surface area contributed by atoms with Gasteiger partial charge in [0.1, 0.15) is 11.7 Å². The highest BCUT2D eigenvalue weighted by molar-refractivity contribution is 6.51. The lowest BCUT2D eigenvalue weighted by Gasteiger charge is -2.19. The molecule has 1 aliphatic carbocycles. The number of Topliss-reactive ketones (excluding diaryl/α,β-unsaturated/α-hetero) is 2. The molecular formula is C14H8N2O8-2. The first kappa shape index (κ1) is 17.0. The van der Waals surface area contributed by atoms with Crippen molar-refractivity contribution in [1.82, 2.24) is 4.98 Å². The molecule has 0 amide bonds. The van der Waals surface area contributed by atoms with Crippen LogP contribution in [0.1, 0.15) is 43.3 Å². The molecule has 0 saturated carbocycles. The zero-order valence-electron chi connectivity index (χ0n) is 11.8. The highest BCUT2D eigenvalue weighted by Crippen LogP contribution is 2.26. The molecule has 0 aromatic carbocycles. The number of pyridine rings is 1. The molecule has 0 bridgehead atoms. The topological polar surface area (TPSA) is 191 Å². The Bertz CT molecular complexity index is 839. The molecule has 1 unspecified atom stereocenters. The molecule has 0 radical (unpaired) electrons. The van der Waals surface area contributed by atoms with Crippen molar-refractivity contribution in [2.75, 3.05) is 0 Å². The number of hydrogen-bond acceptors (Lipinski definition) is 9. The molecule has 24 heavy (non-hydrogen) atoms. The van der Waals surface area contributed by atoms with Gasteiger partial charge in [-0.25, -0.2) is 4.98 Å². The summed E-state index contributed by atoms with van der Waals surface area (Å²) in [6.07, 6.45) is 0.424. The zero-order valence-corrected chi connectivity index (χ0v) is 11.8. The molecular weight excluding hydrogens is 324 g/mol. The quantitative estimate of drug-likeness (QED) is 0.518. The van der Waals surface area contributed by atoms with E-state index in [1.165, 1.54) is 0 Å². The minimum atomic E-state index is -1.84. The number of ketones is 2. The van der Waals surface area contributed by atoms with Crippen LogP contribution in [0.5, 0.6) is 0 Å². The third-order valence-corrected chi connectivity index (χ3v) is 3.28. The number of aliphatic carboxylic acids is 1. The Morgan fingerprint density at radius 3 is 2.29 bits per heavy atom. The van der Waals surface area contributed by atoms with Crippen molar-refractivity contribution < 1.29 is 39.3 Å². The summed E-state index contributed by atoms with van der Waals surface area (Å²) in [5.74, 6) is -7.50. The number of carbonyl (C=O) groups excluding carboxylic acids is 4. The van der Waals surface area contributed by atoms with Gasteiger partial charge in [-0.2, -0.15) is 0 Å². The number of nitrogens with two attached hydrogens (primary N) is 1. The number of aromatic nitrogens is 1. The van der Waals surface area contributed by atoms with Gasteiger partial charge in [0.2, 0.25) is 5.78 Å². The maximum atomic E-state index is 12.1. The Morgan fingerprint density at radius 1 is 1.17 bits per heavy atom. The average molecular weight is 332 g/mol. The number of carboxylic acids is 3. The molecule has 0 spiro atoms. The van der Waals surface area contributed by atoms with Gasteiger partial charge in [-0.1, -0.05) is 0 Å². The predicted molar refractivity (Wildman–Crippen MR) is 70.4 cm³/mol. The van der Waals surface area contributed by atoms with Crippen LogP contribution in [0.15, 0.2) is 11.6 Å². The maximum absolute atomic E-state index is 12.1. The van der Waals surface area contributed by atoms with Gasteiger partial charge in [0.05, 0.1) is 17.6 Å². The van der Waals surface area contributed by atoms with E-state index >= 15 is 0 Å². The SMILES string of the molecule is NC(CC1=Cc2c(C(=O)[O-])cc(C(=O)[O-])nc2C(=O)C1=O)C(=O)O. The van der Waals surface area contributed by atoms with Crippen molar-refractivity contribution in [1.29, 1.82) is 0 Å². The summed E-state index contributed by atoms with van der Waals surface area (Å²) in [4.78, 5) is 60.3. The Balaban J connectivity index is 2.67. The van der Waals surface area contributed by atoms with E-state index in [2.05, 4.69) is 4.98 Å². The lowest BCUT2D eigenvalue weighted by Crippen LogP contribution is -2.35. The number of rotatable bonds is 5. The Labute approximate surface area is 133 Å². The van der Waals surface area contributed by atoms with Crippen molar-refractivity contribution in [3.63, 3.8) is 0 Å². The van der Waals surface area contributed by atoms with Crippen LogP contribution in [0.25, 0.3) is 6.08 Å². The summed E-state index contributed by atoms with van der Waals surface area (Å²) in [5.41, 5.74) is 2.39. The first-order chi connectivity index (χ1) is 11.1. The van der Waals surface area contributed by atoms with Crippen molar-refractivity contribution in [2.24, 2.45) is 5.73 Å². The monoisotopic (exact) mass is 332 g/mol. The largest absolute Gasteiger partial charge is 0.545 e. The van der Waals surface area contributed by atoms with Crippen molar-refractivity contribution >= 4 is 35.6 Å². The van der Waals surface area contributed by atoms with Gasteiger partial charge in [0, 0.05) is 23.1 Å². The predicted octanol–water partition coefficient (Wildman–Crippen LogP) is -3.24. The van der Waals surface area contributed by atoms with E-state index in [0.29, 0.717) is 6.07 Å². The van der Waals surface area contributed by atoms with Crippen LogP contribution in [0.3, 0.4) is 0 Å². The number of fused-ring (bicyclic) bond motifs is 1. The van der Waals surface area contributed by atoms with Gasteiger partial charge < -0.3 is 30.6 Å². The minimum Gasteiger partial charge on any atom is -0.545 e. The smallest absolute Gasteiger partial charge is 0.320 e. The van der Waals surface area contributed by atoms with Crippen LogP contribution in [0, 0.1) is 0 Å². The van der Waals surface area contributed by atoms with Gasteiger partial charge in [-0.3, -0.25) is 14.4 Å².